The first-order valence-electron chi connectivity index (χ1n) is 20.4. The first-order valence-corrected chi connectivity index (χ1v) is 20.4. The summed E-state index contributed by atoms with van der Waals surface area (Å²) >= 11 is 0. The number of amides is 1. The number of unbranched alkanes of at least 4 members (excludes halogenated alkanes) is 18. The summed E-state index contributed by atoms with van der Waals surface area (Å²) in [7, 11) is 9.32. The van der Waals surface area contributed by atoms with E-state index in [1.54, 1.807) is 14.2 Å². The van der Waals surface area contributed by atoms with Crippen molar-refractivity contribution in [2.24, 2.45) is 0 Å². The minimum absolute atomic E-state index is 0.0426. The van der Waals surface area contributed by atoms with Crippen LogP contribution in [-0.2, 0) is 28.5 Å². The lowest BCUT2D eigenvalue weighted by molar-refractivity contribution is -0.137. The second-order valence-corrected chi connectivity index (χ2v) is 12.5. The molecule has 0 bridgehead atoms. The number of carboxylic acids is 1. The van der Waals surface area contributed by atoms with Crippen molar-refractivity contribution in [2.45, 2.75) is 220 Å². The second-order valence-electron chi connectivity index (χ2n) is 12.5. The van der Waals surface area contributed by atoms with Gasteiger partial charge in [0.15, 0.2) is 0 Å². The molecule has 2 N–H and O–H groups in total. The molecule has 0 spiro atoms. The molecule has 1 rings (SSSR count). The molecule has 49 heavy (non-hydrogen) atoms. The number of hydrogen-bond donors (Lipinski definition) is 2. The smallest absolute Gasteiger partial charge is 0.303 e. The van der Waals surface area contributed by atoms with Crippen molar-refractivity contribution in [1.82, 2.24) is 5.32 Å². The zero-order chi connectivity index (χ0) is 37.5. The van der Waals surface area contributed by atoms with E-state index >= 15 is 0 Å². The predicted molar refractivity (Wildman–Crippen MR) is 208 cm³/mol. The standard InChI is InChI=1S/C34H64BNO7.3C2H6/c1-28(25-26-42-33-32(41-3)29(27-40-2)43-34(33)35)36-30(37)23-21-19-17-15-13-11-9-7-5-4-6-8-10-12-14-16-18-20-22-24-31(38)39;3*1-2/h28-29,32-34H,4-27H2,1-3H3,(H,36,37)(H,38,39);3*1-2H3. The molecular weight excluding hydrogens is 617 g/mol. The zero-order valence-electron chi connectivity index (χ0n) is 33.8. The summed E-state index contributed by atoms with van der Waals surface area (Å²) in [5.74, 6) is -0.551. The average Bonchev–Trinajstić information content (AvgIpc) is 3.41. The van der Waals surface area contributed by atoms with Crippen molar-refractivity contribution in [2.75, 3.05) is 27.4 Å². The number of carbonyl (C=O) groups excluding carboxylic acids is 1. The molecule has 5 unspecified atom stereocenters. The van der Waals surface area contributed by atoms with Gasteiger partial charge in [0.1, 0.15) is 26.2 Å². The lowest BCUT2D eigenvalue weighted by Crippen LogP contribution is -2.39. The summed E-state index contributed by atoms with van der Waals surface area (Å²) in [5, 5.41) is 11.7. The Morgan fingerprint density at radius 3 is 1.43 bits per heavy atom. The molecule has 0 aromatic carbocycles. The molecule has 1 fully saturated rings. The third kappa shape index (κ3) is 32.5. The highest BCUT2D eigenvalue weighted by Crippen LogP contribution is 2.25. The fourth-order valence-corrected chi connectivity index (χ4v) is 5.90. The molecule has 5 atom stereocenters. The Hall–Kier alpha value is -1.16. The molecule has 0 aromatic rings. The summed E-state index contributed by atoms with van der Waals surface area (Å²) in [6, 6.07) is -0.506. The molecule has 0 aromatic heterocycles. The van der Waals surface area contributed by atoms with Crippen molar-refractivity contribution in [3.63, 3.8) is 0 Å². The summed E-state index contributed by atoms with van der Waals surface area (Å²) in [4.78, 5) is 22.8. The minimum Gasteiger partial charge on any atom is -0.481 e. The van der Waals surface area contributed by atoms with E-state index in [2.05, 4.69) is 5.32 Å². The quantitative estimate of drug-likeness (QED) is 0.0568. The maximum Gasteiger partial charge on any atom is 0.303 e. The first-order chi connectivity index (χ1) is 23.9. The van der Waals surface area contributed by atoms with Crippen molar-refractivity contribution >= 4 is 19.7 Å². The number of rotatable bonds is 30. The molecule has 1 aliphatic heterocycles. The molecule has 9 heteroatoms. The van der Waals surface area contributed by atoms with Gasteiger partial charge in [-0.25, -0.2) is 0 Å². The molecule has 0 saturated carbocycles. The number of methoxy groups -OCH3 is 2. The van der Waals surface area contributed by atoms with Gasteiger partial charge in [-0.3, -0.25) is 9.59 Å². The Morgan fingerprint density at radius 1 is 0.673 bits per heavy atom. The third-order valence-corrected chi connectivity index (χ3v) is 8.51. The molecule has 2 radical (unpaired) electrons. The van der Waals surface area contributed by atoms with E-state index in [1.165, 1.54) is 96.3 Å². The van der Waals surface area contributed by atoms with Crippen molar-refractivity contribution in [1.29, 1.82) is 0 Å². The van der Waals surface area contributed by atoms with Crippen LogP contribution in [0.5, 0.6) is 0 Å². The highest BCUT2D eigenvalue weighted by molar-refractivity contribution is 6.11. The molecular formula is C40H82BNO7. The molecule has 1 heterocycles. The van der Waals surface area contributed by atoms with Crippen molar-refractivity contribution in [3.8, 4) is 0 Å². The van der Waals surface area contributed by atoms with Crippen LogP contribution in [0.3, 0.4) is 0 Å². The van der Waals surface area contributed by atoms with Gasteiger partial charge in [0.2, 0.25) is 5.91 Å². The Balaban J connectivity index is -0.00000333. The normalized spacial score (nSPS) is 18.6. The van der Waals surface area contributed by atoms with Crippen LogP contribution in [0, 0.1) is 0 Å². The molecule has 8 nitrogen and oxygen atoms in total. The number of carbonyl (C=O) groups is 2. The molecule has 292 valence electrons. The van der Waals surface area contributed by atoms with E-state index in [0.29, 0.717) is 32.5 Å². The van der Waals surface area contributed by atoms with Gasteiger partial charge in [-0.15, -0.1) is 0 Å². The van der Waals surface area contributed by atoms with Crippen LogP contribution < -0.4 is 5.32 Å². The monoisotopic (exact) mass is 700 g/mol. The lowest BCUT2D eigenvalue weighted by atomic mass is 9.92. The average molecular weight is 700 g/mol. The summed E-state index contributed by atoms with van der Waals surface area (Å²) in [6.07, 6.45) is 24.5. The van der Waals surface area contributed by atoms with E-state index in [4.69, 9.17) is 31.9 Å². The van der Waals surface area contributed by atoms with E-state index in [-0.39, 0.29) is 30.3 Å². The Morgan fingerprint density at radius 2 is 1.06 bits per heavy atom. The highest BCUT2D eigenvalue weighted by atomic mass is 16.6. The molecule has 1 amide bonds. The molecule has 0 aliphatic carbocycles. The second kappa shape index (κ2) is 41.3. The largest absolute Gasteiger partial charge is 0.481 e. The number of ether oxygens (including phenoxy) is 4. The van der Waals surface area contributed by atoms with Gasteiger partial charge < -0.3 is 29.4 Å². The number of aliphatic carboxylic acids is 1. The SMILES string of the molecule is CC.CC.CC.[B]C1OC(COC)C(OC)C1OCCC(C)NC(=O)CCCCCCCCCCCCCCCCCCCCCC(=O)O. The summed E-state index contributed by atoms with van der Waals surface area (Å²) in [6.45, 7) is 14.9. The number of hydrogen-bond acceptors (Lipinski definition) is 6. The van der Waals surface area contributed by atoms with E-state index in [0.717, 1.165) is 25.7 Å². The fraction of sp³-hybridized carbons (Fsp3) is 0.950. The van der Waals surface area contributed by atoms with Gasteiger partial charge in [-0.1, -0.05) is 151 Å². The number of carboxylic acid groups (broad SMARTS) is 1. The van der Waals surface area contributed by atoms with Gasteiger partial charge >= 0.3 is 5.97 Å². The Labute approximate surface area is 305 Å². The molecule has 1 aliphatic rings. The van der Waals surface area contributed by atoms with E-state index in [1.807, 2.05) is 48.5 Å². The van der Waals surface area contributed by atoms with Crippen molar-refractivity contribution in [3.05, 3.63) is 0 Å². The van der Waals surface area contributed by atoms with Gasteiger partial charge in [0.25, 0.3) is 0 Å². The Kier molecular flexibility index (Phi) is 44.0. The third-order valence-electron chi connectivity index (χ3n) is 8.51. The topological polar surface area (TPSA) is 103 Å². The predicted octanol–water partition coefficient (Wildman–Crippen LogP) is 10.2. The van der Waals surface area contributed by atoms with Crippen LogP contribution in [0.2, 0.25) is 0 Å². The first kappa shape index (κ1) is 52.2. The maximum absolute atomic E-state index is 12.3. The van der Waals surface area contributed by atoms with E-state index < -0.39 is 12.0 Å². The van der Waals surface area contributed by atoms with Crippen LogP contribution in [0.25, 0.3) is 0 Å². The van der Waals surface area contributed by atoms with Gasteiger partial charge in [-0.2, -0.15) is 0 Å². The minimum atomic E-state index is -0.669. The van der Waals surface area contributed by atoms with Crippen LogP contribution in [0.15, 0.2) is 0 Å². The van der Waals surface area contributed by atoms with E-state index in [9.17, 15) is 9.59 Å². The summed E-state index contributed by atoms with van der Waals surface area (Å²) < 4.78 is 22.4. The summed E-state index contributed by atoms with van der Waals surface area (Å²) in [5.41, 5.74) is 0. The lowest BCUT2D eigenvalue weighted by Gasteiger charge is -2.23. The van der Waals surface area contributed by atoms with Crippen LogP contribution in [0.1, 0.15) is 190 Å². The van der Waals surface area contributed by atoms with Gasteiger partial charge in [-0.05, 0) is 26.2 Å². The zero-order valence-corrected chi connectivity index (χ0v) is 33.8. The highest BCUT2D eigenvalue weighted by Gasteiger charge is 2.43. The van der Waals surface area contributed by atoms with Crippen molar-refractivity contribution < 1.29 is 33.6 Å². The van der Waals surface area contributed by atoms with Crippen LogP contribution in [0.4, 0.5) is 0 Å². The van der Waals surface area contributed by atoms with Crippen LogP contribution in [-0.4, -0.2) is 82.6 Å². The number of nitrogens with one attached hydrogen (secondary N) is 1. The fourth-order valence-electron chi connectivity index (χ4n) is 5.90. The maximum atomic E-state index is 12.3. The molecule has 1 saturated heterocycles. The Bertz CT molecular complexity index is 685. The van der Waals surface area contributed by atoms with Crippen LogP contribution >= 0.6 is 0 Å². The van der Waals surface area contributed by atoms with Gasteiger partial charge in [0, 0.05) is 45.7 Å². The van der Waals surface area contributed by atoms with Gasteiger partial charge in [0.05, 0.1) is 6.61 Å².